The second-order valence-corrected chi connectivity index (χ2v) is 6.99. The SMILES string of the molecule is [CH2]CCCCCCCCC(C)(C)CC(C)CCC. The van der Waals surface area contributed by atoms with Gasteiger partial charge in [-0.3, -0.25) is 0 Å². The van der Waals surface area contributed by atoms with Crippen LogP contribution in [0.2, 0.25) is 0 Å². The van der Waals surface area contributed by atoms with Gasteiger partial charge in [0.1, 0.15) is 0 Å². The van der Waals surface area contributed by atoms with E-state index in [1.54, 1.807) is 0 Å². The van der Waals surface area contributed by atoms with E-state index in [4.69, 9.17) is 0 Å². The van der Waals surface area contributed by atoms with Crippen molar-refractivity contribution in [1.29, 1.82) is 0 Å². The molecule has 0 rings (SSSR count). The first-order valence-electron chi connectivity index (χ1n) is 8.31. The summed E-state index contributed by atoms with van der Waals surface area (Å²) in [6.45, 7) is 13.5. The topological polar surface area (TPSA) is 0 Å². The summed E-state index contributed by atoms with van der Waals surface area (Å²) < 4.78 is 0. The molecule has 0 bridgehead atoms. The minimum Gasteiger partial charge on any atom is -0.0654 e. The maximum atomic E-state index is 3.89. The van der Waals surface area contributed by atoms with Gasteiger partial charge in [0.05, 0.1) is 0 Å². The fourth-order valence-electron chi connectivity index (χ4n) is 3.13. The Morgan fingerprint density at radius 2 is 1.50 bits per heavy atom. The fourth-order valence-corrected chi connectivity index (χ4v) is 3.13. The molecular formula is C18H37. The van der Waals surface area contributed by atoms with Crippen molar-refractivity contribution in [1.82, 2.24) is 0 Å². The molecule has 1 atom stereocenters. The lowest BCUT2D eigenvalue weighted by Crippen LogP contribution is -2.15. The molecule has 0 aromatic rings. The molecule has 0 N–H and O–H groups in total. The lowest BCUT2D eigenvalue weighted by atomic mass is 9.78. The molecule has 0 fully saturated rings. The van der Waals surface area contributed by atoms with Gasteiger partial charge in [0.2, 0.25) is 0 Å². The highest BCUT2D eigenvalue weighted by atomic mass is 14.3. The predicted octanol–water partition coefficient (Wildman–Crippen LogP) is 6.79. The van der Waals surface area contributed by atoms with E-state index in [9.17, 15) is 0 Å². The first-order valence-corrected chi connectivity index (χ1v) is 8.31. The van der Waals surface area contributed by atoms with E-state index < -0.39 is 0 Å². The van der Waals surface area contributed by atoms with Crippen molar-refractivity contribution in [2.24, 2.45) is 11.3 Å². The van der Waals surface area contributed by atoms with Crippen LogP contribution in [0.5, 0.6) is 0 Å². The number of hydrogen-bond donors (Lipinski definition) is 0. The third kappa shape index (κ3) is 11.1. The van der Waals surface area contributed by atoms with Gasteiger partial charge in [-0.15, -0.1) is 0 Å². The van der Waals surface area contributed by atoms with Crippen LogP contribution in [0.15, 0.2) is 0 Å². The molecule has 0 saturated carbocycles. The van der Waals surface area contributed by atoms with Gasteiger partial charge in [-0.1, -0.05) is 92.4 Å². The van der Waals surface area contributed by atoms with Crippen molar-refractivity contribution in [2.45, 2.75) is 98.3 Å². The molecule has 0 amide bonds. The van der Waals surface area contributed by atoms with Crippen LogP contribution in [0.25, 0.3) is 0 Å². The number of rotatable bonds is 12. The Labute approximate surface area is 117 Å². The lowest BCUT2D eigenvalue weighted by molar-refractivity contribution is 0.240. The molecule has 0 heteroatoms. The second-order valence-electron chi connectivity index (χ2n) is 6.99. The Morgan fingerprint density at radius 3 is 2.06 bits per heavy atom. The van der Waals surface area contributed by atoms with Crippen molar-refractivity contribution in [3.05, 3.63) is 6.92 Å². The van der Waals surface area contributed by atoms with E-state index in [2.05, 4.69) is 34.6 Å². The summed E-state index contributed by atoms with van der Waals surface area (Å²) in [5.41, 5.74) is 0.557. The van der Waals surface area contributed by atoms with Crippen molar-refractivity contribution < 1.29 is 0 Å². The maximum absolute atomic E-state index is 3.89. The van der Waals surface area contributed by atoms with E-state index in [-0.39, 0.29) is 0 Å². The molecule has 0 spiro atoms. The minimum absolute atomic E-state index is 0.557. The first kappa shape index (κ1) is 18.0. The monoisotopic (exact) mass is 253 g/mol. The van der Waals surface area contributed by atoms with E-state index in [0.717, 1.165) is 12.3 Å². The van der Waals surface area contributed by atoms with Gasteiger partial charge in [-0.05, 0) is 24.2 Å². The van der Waals surface area contributed by atoms with Crippen molar-refractivity contribution in [3.8, 4) is 0 Å². The van der Waals surface area contributed by atoms with Crippen LogP contribution in [0, 0.1) is 18.3 Å². The normalized spacial score (nSPS) is 13.8. The standard InChI is InChI=1S/C18H37/c1-6-8-9-10-11-12-13-15-18(4,5)16-17(3)14-7-2/h17H,1,6-16H2,2-5H3. The highest BCUT2D eigenvalue weighted by molar-refractivity contribution is 4.71. The molecule has 0 aliphatic rings. The molecule has 0 aliphatic heterocycles. The summed E-state index contributed by atoms with van der Waals surface area (Å²) in [6.07, 6.45) is 15.1. The summed E-state index contributed by atoms with van der Waals surface area (Å²) in [4.78, 5) is 0. The molecule has 0 aliphatic carbocycles. The number of unbranched alkanes of at least 4 members (excludes halogenated alkanes) is 6. The summed E-state index contributed by atoms with van der Waals surface area (Å²) >= 11 is 0. The third-order valence-electron chi connectivity index (χ3n) is 4.04. The molecule has 18 heavy (non-hydrogen) atoms. The maximum Gasteiger partial charge on any atom is -0.0352 e. The van der Waals surface area contributed by atoms with Gasteiger partial charge in [0, 0.05) is 0 Å². The summed E-state index contributed by atoms with van der Waals surface area (Å²) in [6, 6.07) is 0. The Morgan fingerprint density at radius 1 is 0.944 bits per heavy atom. The van der Waals surface area contributed by atoms with Crippen molar-refractivity contribution in [3.63, 3.8) is 0 Å². The van der Waals surface area contributed by atoms with Gasteiger partial charge >= 0.3 is 0 Å². The molecule has 0 heterocycles. The Hall–Kier alpha value is 0. The van der Waals surface area contributed by atoms with Gasteiger partial charge < -0.3 is 0 Å². The molecule has 0 nitrogen and oxygen atoms in total. The highest BCUT2D eigenvalue weighted by Gasteiger charge is 2.20. The zero-order valence-corrected chi connectivity index (χ0v) is 13.6. The van der Waals surface area contributed by atoms with Gasteiger partial charge in [-0.2, -0.15) is 0 Å². The third-order valence-corrected chi connectivity index (χ3v) is 4.04. The van der Waals surface area contributed by atoms with Crippen LogP contribution in [0.1, 0.15) is 98.3 Å². The van der Waals surface area contributed by atoms with Crippen LogP contribution >= 0.6 is 0 Å². The molecule has 109 valence electrons. The molecule has 0 aromatic carbocycles. The van der Waals surface area contributed by atoms with Crippen LogP contribution < -0.4 is 0 Å². The van der Waals surface area contributed by atoms with Crippen LogP contribution in [-0.4, -0.2) is 0 Å². The zero-order valence-electron chi connectivity index (χ0n) is 13.6. The van der Waals surface area contributed by atoms with E-state index >= 15 is 0 Å². The Balaban J connectivity index is 3.51. The smallest absolute Gasteiger partial charge is 0.0352 e. The second kappa shape index (κ2) is 10.9. The average Bonchev–Trinajstić information content (AvgIpc) is 2.27. The molecule has 0 saturated heterocycles. The molecule has 0 aromatic heterocycles. The lowest BCUT2D eigenvalue weighted by Gasteiger charge is -2.28. The molecular weight excluding hydrogens is 216 g/mol. The van der Waals surface area contributed by atoms with Gasteiger partial charge in [0.15, 0.2) is 0 Å². The zero-order chi connectivity index (χ0) is 13.9. The highest BCUT2D eigenvalue weighted by Crippen LogP contribution is 2.33. The summed E-state index contributed by atoms with van der Waals surface area (Å²) in [5, 5.41) is 0. The van der Waals surface area contributed by atoms with Crippen molar-refractivity contribution in [2.75, 3.05) is 0 Å². The quantitative estimate of drug-likeness (QED) is 0.336. The van der Waals surface area contributed by atoms with Crippen LogP contribution in [0.3, 0.4) is 0 Å². The molecule has 1 radical (unpaired) electrons. The Kier molecular flexibility index (Phi) is 10.9. The summed E-state index contributed by atoms with van der Waals surface area (Å²) in [7, 11) is 0. The molecule has 1 unspecified atom stereocenters. The predicted molar refractivity (Wildman–Crippen MR) is 84.8 cm³/mol. The van der Waals surface area contributed by atoms with Crippen molar-refractivity contribution >= 4 is 0 Å². The number of hydrogen-bond acceptors (Lipinski definition) is 0. The van der Waals surface area contributed by atoms with E-state index in [1.165, 1.54) is 64.2 Å². The summed E-state index contributed by atoms with van der Waals surface area (Å²) in [5.74, 6) is 0.905. The largest absolute Gasteiger partial charge is 0.0654 e. The van der Waals surface area contributed by atoms with Gasteiger partial charge in [-0.25, -0.2) is 0 Å². The van der Waals surface area contributed by atoms with E-state index in [1.807, 2.05) is 0 Å². The average molecular weight is 253 g/mol. The van der Waals surface area contributed by atoms with Crippen LogP contribution in [0.4, 0.5) is 0 Å². The minimum atomic E-state index is 0.557. The van der Waals surface area contributed by atoms with Gasteiger partial charge in [0.25, 0.3) is 0 Å². The fraction of sp³-hybridized carbons (Fsp3) is 0.944. The first-order chi connectivity index (χ1) is 8.52. The van der Waals surface area contributed by atoms with E-state index in [0.29, 0.717) is 5.41 Å². The Bertz CT molecular complexity index is 169. The van der Waals surface area contributed by atoms with Crippen LogP contribution in [-0.2, 0) is 0 Å².